The number of hydrogen-bond donors (Lipinski definition) is 1. The van der Waals surface area contributed by atoms with E-state index in [0.29, 0.717) is 12.1 Å². The molecular formula is C33H41N3O4S. The molecule has 41 heavy (non-hydrogen) atoms. The molecule has 0 bridgehead atoms. The summed E-state index contributed by atoms with van der Waals surface area (Å²) in [6.45, 7) is 5.41. The first-order valence-corrected chi connectivity index (χ1v) is 15.9. The average Bonchev–Trinajstić information content (AvgIpc) is 2.97. The maximum atomic E-state index is 14.0. The van der Waals surface area contributed by atoms with Crippen LogP contribution in [0.2, 0.25) is 0 Å². The van der Waals surface area contributed by atoms with Crippen molar-refractivity contribution in [1.29, 1.82) is 0 Å². The van der Waals surface area contributed by atoms with Crippen molar-refractivity contribution >= 4 is 27.5 Å². The van der Waals surface area contributed by atoms with E-state index in [1.807, 2.05) is 56.3 Å². The number of carbonyl (C=O) groups excluding carboxylic acids is 2. The number of anilines is 1. The Bertz CT molecular complexity index is 1400. The zero-order valence-corrected chi connectivity index (χ0v) is 25.1. The van der Waals surface area contributed by atoms with Crippen molar-refractivity contribution in [2.45, 2.75) is 76.3 Å². The summed E-state index contributed by atoms with van der Waals surface area (Å²) in [5.41, 5.74) is 3.34. The smallest absolute Gasteiger partial charge is 0.264 e. The molecule has 1 atom stereocenters. The predicted octanol–water partition coefficient (Wildman–Crippen LogP) is 5.41. The van der Waals surface area contributed by atoms with Crippen LogP contribution in [0.4, 0.5) is 5.69 Å². The second kappa shape index (κ2) is 13.8. The second-order valence-corrected chi connectivity index (χ2v) is 12.9. The van der Waals surface area contributed by atoms with Crippen LogP contribution < -0.4 is 9.62 Å². The molecular weight excluding hydrogens is 534 g/mol. The highest BCUT2D eigenvalue weighted by molar-refractivity contribution is 7.92. The van der Waals surface area contributed by atoms with E-state index < -0.39 is 28.5 Å². The van der Waals surface area contributed by atoms with Crippen LogP contribution in [0.15, 0.2) is 83.8 Å². The lowest BCUT2D eigenvalue weighted by Gasteiger charge is -2.33. The van der Waals surface area contributed by atoms with Crippen molar-refractivity contribution in [3.63, 3.8) is 0 Å². The first-order chi connectivity index (χ1) is 19.6. The number of nitrogens with one attached hydrogen (secondary N) is 1. The number of aryl methyl sites for hydroxylation is 2. The molecule has 1 N–H and O–H groups in total. The number of benzene rings is 3. The molecule has 0 saturated heterocycles. The lowest BCUT2D eigenvalue weighted by Crippen LogP contribution is -2.53. The number of sulfonamides is 1. The highest BCUT2D eigenvalue weighted by Gasteiger charge is 2.33. The quantitative estimate of drug-likeness (QED) is 0.331. The van der Waals surface area contributed by atoms with Crippen LogP contribution in [0.25, 0.3) is 0 Å². The standard InChI is InChI=1S/C33H41N3O4S/c1-25-14-18-30(19-15-25)36(41(39,40)31-20-16-26(2)17-21-31)24-32(37)35(23-22-28-10-6-4-7-11-28)27(3)33(38)34-29-12-8-5-9-13-29/h4,6-7,10-11,14-21,27,29H,5,8-9,12-13,22-24H2,1-3H3,(H,34,38)/t27-/m0/s1. The Balaban J connectivity index is 1.63. The number of nitrogens with zero attached hydrogens (tertiary/aromatic N) is 2. The van der Waals surface area contributed by atoms with Crippen molar-refractivity contribution in [2.24, 2.45) is 0 Å². The number of rotatable bonds is 11. The van der Waals surface area contributed by atoms with Gasteiger partial charge in [-0.25, -0.2) is 8.42 Å². The van der Waals surface area contributed by atoms with Crippen LogP contribution in [0.1, 0.15) is 55.7 Å². The molecule has 0 unspecified atom stereocenters. The molecule has 1 saturated carbocycles. The van der Waals surface area contributed by atoms with Gasteiger partial charge in [0.05, 0.1) is 10.6 Å². The molecule has 0 heterocycles. The lowest BCUT2D eigenvalue weighted by molar-refractivity contribution is -0.139. The maximum Gasteiger partial charge on any atom is 0.264 e. The first kappa shape index (κ1) is 30.3. The summed E-state index contributed by atoms with van der Waals surface area (Å²) in [4.78, 5) is 29.0. The number of hydrogen-bond acceptors (Lipinski definition) is 4. The highest BCUT2D eigenvalue weighted by atomic mass is 32.2. The van der Waals surface area contributed by atoms with Crippen molar-refractivity contribution < 1.29 is 18.0 Å². The van der Waals surface area contributed by atoms with E-state index in [2.05, 4.69) is 5.32 Å². The van der Waals surface area contributed by atoms with Gasteiger partial charge in [-0.2, -0.15) is 0 Å². The fraction of sp³-hybridized carbons (Fsp3) is 0.394. The summed E-state index contributed by atoms with van der Waals surface area (Å²) >= 11 is 0. The Morgan fingerprint density at radius 1 is 0.854 bits per heavy atom. The van der Waals surface area contributed by atoms with Gasteiger partial charge in [-0.1, -0.05) is 85.0 Å². The van der Waals surface area contributed by atoms with Crippen LogP contribution >= 0.6 is 0 Å². The van der Waals surface area contributed by atoms with E-state index in [1.165, 1.54) is 11.3 Å². The van der Waals surface area contributed by atoms with Gasteiger partial charge in [0, 0.05) is 12.6 Å². The summed E-state index contributed by atoms with van der Waals surface area (Å²) in [7, 11) is -4.06. The largest absolute Gasteiger partial charge is 0.352 e. The van der Waals surface area contributed by atoms with E-state index in [-0.39, 0.29) is 23.4 Å². The zero-order chi connectivity index (χ0) is 29.4. The molecule has 0 spiro atoms. The van der Waals surface area contributed by atoms with Crippen molar-refractivity contribution in [3.05, 3.63) is 95.6 Å². The molecule has 3 aromatic carbocycles. The number of amides is 2. The third kappa shape index (κ3) is 7.97. The SMILES string of the molecule is Cc1ccc(N(CC(=O)N(CCc2ccccc2)[C@@H](C)C(=O)NC2CCCCC2)S(=O)(=O)c2ccc(C)cc2)cc1. The fourth-order valence-electron chi connectivity index (χ4n) is 5.22. The minimum absolute atomic E-state index is 0.107. The van der Waals surface area contributed by atoms with Gasteiger partial charge in [-0.05, 0) is 69.9 Å². The van der Waals surface area contributed by atoms with Gasteiger partial charge >= 0.3 is 0 Å². The Morgan fingerprint density at radius 2 is 1.44 bits per heavy atom. The second-order valence-electron chi connectivity index (χ2n) is 11.0. The highest BCUT2D eigenvalue weighted by Crippen LogP contribution is 2.25. The lowest BCUT2D eigenvalue weighted by atomic mass is 9.95. The normalized spacial score (nSPS) is 14.7. The third-order valence-corrected chi connectivity index (χ3v) is 9.60. The van der Waals surface area contributed by atoms with Crippen LogP contribution in [0, 0.1) is 13.8 Å². The maximum absolute atomic E-state index is 14.0. The summed E-state index contributed by atoms with van der Waals surface area (Å²) in [5, 5.41) is 3.14. The molecule has 1 fully saturated rings. The summed E-state index contributed by atoms with van der Waals surface area (Å²) in [6, 6.07) is 22.8. The van der Waals surface area contributed by atoms with Crippen LogP contribution in [-0.2, 0) is 26.0 Å². The van der Waals surface area contributed by atoms with Crippen molar-refractivity contribution in [1.82, 2.24) is 10.2 Å². The van der Waals surface area contributed by atoms with Crippen LogP contribution in [0.3, 0.4) is 0 Å². The molecule has 2 amide bonds. The van der Waals surface area contributed by atoms with Gasteiger partial charge in [0.1, 0.15) is 12.6 Å². The van der Waals surface area contributed by atoms with E-state index >= 15 is 0 Å². The van der Waals surface area contributed by atoms with Crippen molar-refractivity contribution in [2.75, 3.05) is 17.4 Å². The molecule has 4 rings (SSSR count). The predicted molar refractivity (Wildman–Crippen MR) is 163 cm³/mol. The van der Waals surface area contributed by atoms with Crippen molar-refractivity contribution in [3.8, 4) is 0 Å². The third-order valence-electron chi connectivity index (χ3n) is 7.81. The van der Waals surface area contributed by atoms with E-state index in [4.69, 9.17) is 0 Å². The molecule has 0 aliphatic heterocycles. The van der Waals surface area contributed by atoms with Gasteiger partial charge < -0.3 is 10.2 Å². The number of carbonyl (C=O) groups is 2. The molecule has 218 valence electrons. The van der Waals surface area contributed by atoms with Gasteiger partial charge in [-0.3, -0.25) is 13.9 Å². The molecule has 0 radical (unpaired) electrons. The Kier molecular flexibility index (Phi) is 10.2. The fourth-order valence-corrected chi connectivity index (χ4v) is 6.63. The van der Waals surface area contributed by atoms with E-state index in [0.717, 1.165) is 46.7 Å². The monoisotopic (exact) mass is 575 g/mol. The summed E-state index contributed by atoms with van der Waals surface area (Å²) in [6.07, 6.45) is 5.76. The van der Waals surface area contributed by atoms with E-state index in [9.17, 15) is 18.0 Å². The van der Waals surface area contributed by atoms with E-state index in [1.54, 1.807) is 43.3 Å². The summed E-state index contributed by atoms with van der Waals surface area (Å²) in [5.74, 6) is -0.634. The molecule has 8 heteroatoms. The van der Waals surface area contributed by atoms with Gasteiger partial charge in [0.2, 0.25) is 11.8 Å². The zero-order valence-electron chi connectivity index (χ0n) is 24.3. The minimum Gasteiger partial charge on any atom is -0.352 e. The Morgan fingerprint density at radius 3 is 2.05 bits per heavy atom. The summed E-state index contributed by atoms with van der Waals surface area (Å²) < 4.78 is 29.0. The molecule has 1 aliphatic rings. The molecule has 1 aliphatic carbocycles. The molecule has 7 nitrogen and oxygen atoms in total. The Labute approximate surface area is 244 Å². The van der Waals surface area contributed by atoms with Gasteiger partial charge in [0.15, 0.2) is 0 Å². The molecule has 0 aromatic heterocycles. The van der Waals surface area contributed by atoms with Gasteiger partial charge in [0.25, 0.3) is 10.0 Å². The first-order valence-electron chi connectivity index (χ1n) is 14.4. The molecule has 3 aromatic rings. The van der Waals surface area contributed by atoms with Crippen LogP contribution in [0.5, 0.6) is 0 Å². The van der Waals surface area contributed by atoms with Crippen LogP contribution in [-0.4, -0.2) is 50.3 Å². The minimum atomic E-state index is -4.06. The topological polar surface area (TPSA) is 86.8 Å². The average molecular weight is 576 g/mol. The van der Waals surface area contributed by atoms with Gasteiger partial charge in [-0.15, -0.1) is 0 Å². The Hall–Kier alpha value is -3.65.